The van der Waals surface area contributed by atoms with Gasteiger partial charge in [0.15, 0.2) is 0 Å². The summed E-state index contributed by atoms with van der Waals surface area (Å²) in [6.07, 6.45) is 1.47. The van der Waals surface area contributed by atoms with E-state index in [0.29, 0.717) is 23.6 Å². The van der Waals surface area contributed by atoms with E-state index in [4.69, 9.17) is 10.00 Å². The van der Waals surface area contributed by atoms with Gasteiger partial charge in [0.05, 0.1) is 11.6 Å². The van der Waals surface area contributed by atoms with Gasteiger partial charge in [0.1, 0.15) is 24.4 Å². The van der Waals surface area contributed by atoms with E-state index < -0.39 is 0 Å². The molecule has 6 nitrogen and oxygen atoms in total. The van der Waals surface area contributed by atoms with E-state index in [-0.39, 0.29) is 5.41 Å². The Morgan fingerprint density at radius 3 is 2.48 bits per heavy atom. The van der Waals surface area contributed by atoms with Crippen molar-refractivity contribution in [1.29, 1.82) is 5.26 Å². The lowest BCUT2D eigenvalue weighted by molar-refractivity contribution is 0.304. The van der Waals surface area contributed by atoms with Gasteiger partial charge in [-0.05, 0) is 45.2 Å². The van der Waals surface area contributed by atoms with Gasteiger partial charge in [-0.15, -0.1) is 5.10 Å². The average molecular weight is 333 g/mol. The van der Waals surface area contributed by atoms with Crippen LogP contribution in [0.5, 0.6) is 5.75 Å². The molecule has 1 aromatic heterocycles. The lowest BCUT2D eigenvalue weighted by Crippen LogP contribution is -2.11. The van der Waals surface area contributed by atoms with E-state index in [1.165, 1.54) is 16.6 Å². The van der Waals surface area contributed by atoms with Crippen molar-refractivity contribution >= 4 is 0 Å². The summed E-state index contributed by atoms with van der Waals surface area (Å²) in [4.78, 5) is 0. The number of tetrazole rings is 1. The highest BCUT2D eigenvalue weighted by Gasteiger charge is 2.13. The number of aromatic nitrogens is 4. The second kappa shape index (κ2) is 6.73. The highest BCUT2D eigenvalue weighted by molar-refractivity contribution is 5.51. The van der Waals surface area contributed by atoms with E-state index in [1.54, 1.807) is 18.2 Å². The van der Waals surface area contributed by atoms with E-state index in [9.17, 15) is 0 Å². The van der Waals surface area contributed by atoms with Crippen molar-refractivity contribution in [3.8, 4) is 17.5 Å². The Hall–Kier alpha value is -3.20. The minimum Gasteiger partial charge on any atom is -0.487 e. The molecule has 0 saturated carbocycles. The molecule has 3 rings (SSSR count). The Bertz CT molecular complexity index is 887. The lowest BCUT2D eigenvalue weighted by atomic mass is 9.87. The van der Waals surface area contributed by atoms with Crippen LogP contribution in [0.2, 0.25) is 0 Å². The molecule has 0 aliphatic heterocycles. The molecular weight excluding hydrogens is 314 g/mol. The zero-order chi connectivity index (χ0) is 17.9. The maximum absolute atomic E-state index is 9.10. The highest BCUT2D eigenvalue weighted by Crippen LogP contribution is 2.25. The fraction of sp³-hybridized carbons (Fsp3) is 0.263. The van der Waals surface area contributed by atoms with Gasteiger partial charge in [0, 0.05) is 0 Å². The molecule has 0 amide bonds. The summed E-state index contributed by atoms with van der Waals surface area (Å²) >= 11 is 0. The molecule has 0 atom stereocenters. The summed E-state index contributed by atoms with van der Waals surface area (Å²) in [6.45, 7) is 6.99. The van der Waals surface area contributed by atoms with Gasteiger partial charge in [-0.2, -0.15) is 9.94 Å². The average Bonchev–Trinajstić information content (AvgIpc) is 3.14. The molecule has 0 fully saturated rings. The largest absolute Gasteiger partial charge is 0.487 e. The van der Waals surface area contributed by atoms with Gasteiger partial charge < -0.3 is 4.74 Å². The van der Waals surface area contributed by atoms with Crippen LogP contribution in [0.25, 0.3) is 5.69 Å². The third-order valence-corrected chi connectivity index (χ3v) is 3.90. The predicted molar refractivity (Wildman–Crippen MR) is 93.3 cm³/mol. The van der Waals surface area contributed by atoms with Gasteiger partial charge in [-0.3, -0.25) is 0 Å². The number of ether oxygens (including phenoxy) is 1. The summed E-state index contributed by atoms with van der Waals surface area (Å²) in [7, 11) is 0. The molecule has 6 heteroatoms. The first kappa shape index (κ1) is 16.7. The van der Waals surface area contributed by atoms with Crippen LogP contribution in [0.4, 0.5) is 0 Å². The monoisotopic (exact) mass is 333 g/mol. The number of hydrogen-bond acceptors (Lipinski definition) is 5. The zero-order valence-electron chi connectivity index (χ0n) is 14.5. The fourth-order valence-electron chi connectivity index (χ4n) is 2.42. The number of nitrogens with zero attached hydrogens (tertiary/aromatic N) is 5. The normalized spacial score (nSPS) is 11.1. The molecule has 0 unspecified atom stereocenters. The van der Waals surface area contributed by atoms with Crippen LogP contribution in [0.3, 0.4) is 0 Å². The number of hydrogen-bond donors (Lipinski definition) is 0. The second-order valence-corrected chi connectivity index (χ2v) is 6.78. The summed E-state index contributed by atoms with van der Waals surface area (Å²) in [6, 6.07) is 15.7. The lowest BCUT2D eigenvalue weighted by Gasteiger charge is -2.19. The smallest absolute Gasteiger partial charge is 0.145 e. The van der Waals surface area contributed by atoms with Crippen molar-refractivity contribution in [3.05, 3.63) is 65.5 Å². The molecule has 0 radical (unpaired) electrons. The molecule has 0 saturated heterocycles. The Morgan fingerprint density at radius 2 is 1.88 bits per heavy atom. The fourth-order valence-corrected chi connectivity index (χ4v) is 2.42. The van der Waals surface area contributed by atoms with Crippen LogP contribution in [0, 0.1) is 11.3 Å². The minimum atomic E-state index is 0.125. The molecular formula is C19H19N5O. The molecule has 0 spiro atoms. The number of rotatable bonds is 4. The van der Waals surface area contributed by atoms with E-state index in [2.05, 4.69) is 66.6 Å². The predicted octanol–water partition coefficient (Wildman–Crippen LogP) is 3.41. The first-order valence-electron chi connectivity index (χ1n) is 7.97. The Labute approximate surface area is 146 Å². The third kappa shape index (κ3) is 3.83. The molecule has 0 aliphatic carbocycles. The van der Waals surface area contributed by atoms with E-state index in [0.717, 1.165) is 5.56 Å². The van der Waals surface area contributed by atoms with E-state index >= 15 is 0 Å². The first-order chi connectivity index (χ1) is 12.0. The highest BCUT2D eigenvalue weighted by atomic mass is 16.5. The van der Waals surface area contributed by atoms with E-state index in [1.807, 2.05) is 0 Å². The third-order valence-electron chi connectivity index (χ3n) is 3.90. The van der Waals surface area contributed by atoms with Crippen LogP contribution < -0.4 is 4.74 Å². The van der Waals surface area contributed by atoms with Gasteiger partial charge in [-0.1, -0.05) is 45.0 Å². The van der Waals surface area contributed by atoms with Crippen molar-refractivity contribution in [2.75, 3.05) is 0 Å². The van der Waals surface area contributed by atoms with Gasteiger partial charge in [-0.25, -0.2) is 0 Å². The maximum atomic E-state index is 9.10. The van der Waals surface area contributed by atoms with Crippen molar-refractivity contribution < 1.29 is 4.74 Å². The number of benzene rings is 2. The second-order valence-electron chi connectivity index (χ2n) is 6.78. The quantitative estimate of drug-likeness (QED) is 0.731. The molecule has 0 bridgehead atoms. The Balaban J connectivity index is 1.81. The Kier molecular flexibility index (Phi) is 4.48. The van der Waals surface area contributed by atoms with Crippen LogP contribution in [-0.2, 0) is 12.0 Å². The standard InChI is InChI=1S/C19H19N5O/c1-19(2,3)16-7-4-14(5-8-16)12-25-18-9-6-15(11-20)10-17(18)24-13-21-22-23-24/h4-10,13H,12H2,1-3H3. The molecule has 1 heterocycles. The summed E-state index contributed by atoms with van der Waals surface area (Å²) < 4.78 is 7.43. The molecule has 25 heavy (non-hydrogen) atoms. The Morgan fingerprint density at radius 1 is 1.12 bits per heavy atom. The van der Waals surface area contributed by atoms with Crippen molar-refractivity contribution in [1.82, 2.24) is 20.2 Å². The van der Waals surface area contributed by atoms with Crippen LogP contribution in [0.15, 0.2) is 48.8 Å². The SMILES string of the molecule is CC(C)(C)c1ccc(COc2ccc(C#N)cc2-n2cnnn2)cc1. The van der Waals surface area contributed by atoms with Gasteiger partial charge >= 0.3 is 0 Å². The zero-order valence-corrected chi connectivity index (χ0v) is 14.5. The van der Waals surface area contributed by atoms with Gasteiger partial charge in [0.2, 0.25) is 0 Å². The molecule has 3 aromatic rings. The van der Waals surface area contributed by atoms with Gasteiger partial charge in [0.25, 0.3) is 0 Å². The van der Waals surface area contributed by atoms with Crippen molar-refractivity contribution in [2.45, 2.75) is 32.8 Å². The minimum absolute atomic E-state index is 0.125. The topological polar surface area (TPSA) is 76.6 Å². The maximum Gasteiger partial charge on any atom is 0.145 e. The first-order valence-corrected chi connectivity index (χ1v) is 7.97. The molecule has 0 N–H and O–H groups in total. The van der Waals surface area contributed by atoms with Crippen LogP contribution >= 0.6 is 0 Å². The summed E-state index contributed by atoms with van der Waals surface area (Å²) in [5.41, 5.74) is 3.63. The van der Waals surface area contributed by atoms with Crippen LogP contribution in [-0.4, -0.2) is 20.2 Å². The van der Waals surface area contributed by atoms with Crippen molar-refractivity contribution in [2.24, 2.45) is 0 Å². The summed E-state index contributed by atoms with van der Waals surface area (Å²) in [5, 5.41) is 20.3. The molecule has 2 aromatic carbocycles. The molecule has 0 aliphatic rings. The molecule has 126 valence electrons. The number of nitriles is 1. The summed E-state index contributed by atoms with van der Waals surface area (Å²) in [5.74, 6) is 0.617. The van der Waals surface area contributed by atoms with Crippen molar-refractivity contribution in [3.63, 3.8) is 0 Å². The van der Waals surface area contributed by atoms with Crippen LogP contribution in [0.1, 0.15) is 37.5 Å².